The lowest BCUT2D eigenvalue weighted by molar-refractivity contribution is 0.0862. The first-order valence-corrected chi connectivity index (χ1v) is 11.0. The Kier molecular flexibility index (Phi) is 6.31. The van der Waals surface area contributed by atoms with Crippen LogP contribution in [0.3, 0.4) is 0 Å². The van der Waals surface area contributed by atoms with Crippen LogP contribution in [0.2, 0.25) is 0 Å². The summed E-state index contributed by atoms with van der Waals surface area (Å²) < 4.78 is 6.29. The van der Waals surface area contributed by atoms with Crippen molar-refractivity contribution in [2.75, 3.05) is 6.61 Å². The molecule has 0 aliphatic heterocycles. The summed E-state index contributed by atoms with van der Waals surface area (Å²) in [7, 11) is 0. The summed E-state index contributed by atoms with van der Waals surface area (Å²) in [6.45, 7) is 17.7. The van der Waals surface area contributed by atoms with Gasteiger partial charge >= 0.3 is 0 Å². The van der Waals surface area contributed by atoms with E-state index in [4.69, 9.17) is 4.74 Å². The minimum atomic E-state index is -0.635. The molecule has 0 radical (unpaired) electrons. The van der Waals surface area contributed by atoms with E-state index in [1.54, 1.807) is 0 Å². The topological polar surface area (TPSA) is 49.7 Å². The lowest BCUT2D eigenvalue weighted by Gasteiger charge is -2.40. The van der Waals surface area contributed by atoms with Gasteiger partial charge in [-0.2, -0.15) is 0 Å². The molecule has 0 saturated heterocycles. The largest absolute Gasteiger partial charge is 0.493 e. The van der Waals surface area contributed by atoms with Gasteiger partial charge in [0.05, 0.1) is 18.0 Å². The molecule has 0 unspecified atom stereocenters. The first kappa shape index (κ1) is 22.1. The summed E-state index contributed by atoms with van der Waals surface area (Å²) >= 11 is 0. The monoisotopic (exact) mass is 398 g/mol. The number of aliphatic hydroxyl groups is 2. The number of allylic oxidation sites excluding steroid dienone is 5. The smallest absolute Gasteiger partial charge is 0.109 e. The molecular formula is C26H38O3. The molecule has 0 bridgehead atoms. The zero-order chi connectivity index (χ0) is 21.4. The maximum Gasteiger partial charge on any atom is 0.109 e. The molecule has 2 saturated carbocycles. The van der Waals surface area contributed by atoms with Gasteiger partial charge in [0.25, 0.3) is 0 Å². The van der Waals surface area contributed by atoms with E-state index < -0.39 is 12.2 Å². The highest BCUT2D eigenvalue weighted by atomic mass is 16.5. The van der Waals surface area contributed by atoms with Gasteiger partial charge < -0.3 is 14.9 Å². The highest BCUT2D eigenvalue weighted by molar-refractivity contribution is 5.39. The summed E-state index contributed by atoms with van der Waals surface area (Å²) in [5, 5.41) is 20.1. The number of aliphatic hydroxyl groups excluding tert-OH is 2. The third-order valence-electron chi connectivity index (χ3n) is 7.21. The van der Waals surface area contributed by atoms with Crippen molar-refractivity contribution in [2.45, 2.75) is 78.4 Å². The normalized spacial score (nSPS) is 35.6. The molecule has 4 atom stereocenters. The average Bonchev–Trinajstić information content (AvgIpc) is 2.97. The van der Waals surface area contributed by atoms with E-state index >= 15 is 0 Å². The van der Waals surface area contributed by atoms with Gasteiger partial charge in [0.2, 0.25) is 0 Å². The maximum absolute atomic E-state index is 10.1. The molecule has 3 aliphatic rings. The summed E-state index contributed by atoms with van der Waals surface area (Å²) in [6, 6.07) is 0. The van der Waals surface area contributed by atoms with Gasteiger partial charge in [0, 0.05) is 11.8 Å². The first-order valence-electron chi connectivity index (χ1n) is 11.0. The van der Waals surface area contributed by atoms with Gasteiger partial charge in [0.15, 0.2) is 0 Å². The Morgan fingerprint density at radius 2 is 2.03 bits per heavy atom. The molecule has 0 heterocycles. The Hall–Kier alpha value is -1.58. The number of rotatable bonds is 4. The predicted octanol–water partition coefficient (Wildman–Crippen LogP) is 5.62. The SMILES string of the molecule is C=C1/C(=C\C=C2/CCC[C@]3(C)C(OCC(=C)C(C)(C)C)=CC[C@@H]23)C[C@@H](O)C[C@@H]1O. The fourth-order valence-electron chi connectivity index (χ4n) is 4.85. The molecule has 160 valence electrons. The van der Waals surface area contributed by atoms with Crippen molar-refractivity contribution >= 4 is 0 Å². The van der Waals surface area contributed by atoms with E-state index in [1.807, 2.05) is 0 Å². The molecule has 3 aliphatic carbocycles. The van der Waals surface area contributed by atoms with E-state index in [0.29, 0.717) is 25.4 Å². The average molecular weight is 399 g/mol. The van der Waals surface area contributed by atoms with E-state index in [2.05, 4.69) is 59.1 Å². The Bertz CT molecular complexity index is 761. The zero-order valence-electron chi connectivity index (χ0n) is 18.6. The molecular weight excluding hydrogens is 360 g/mol. The van der Waals surface area contributed by atoms with Gasteiger partial charge in [-0.1, -0.05) is 58.6 Å². The van der Waals surface area contributed by atoms with E-state index in [9.17, 15) is 10.2 Å². The van der Waals surface area contributed by atoms with Crippen LogP contribution in [0, 0.1) is 16.7 Å². The molecule has 3 nitrogen and oxygen atoms in total. The first-order chi connectivity index (χ1) is 13.5. The van der Waals surface area contributed by atoms with Crippen LogP contribution in [0.4, 0.5) is 0 Å². The second-order valence-electron chi connectivity index (χ2n) is 10.3. The number of ether oxygens (including phenoxy) is 1. The fourth-order valence-corrected chi connectivity index (χ4v) is 4.85. The standard InChI is InChI=1S/C26H38O3/c1-17(25(3,4)5)16-29-24-12-11-22-19(8-7-13-26(22,24)6)9-10-20-14-21(27)15-23(28)18(20)2/h9-10,12,21-23,27-28H,1-2,7-8,11,13-16H2,3-6H3/b19-9+,20-10-/t21-,22+,23+,26+/m1/s1. The van der Waals surface area contributed by atoms with E-state index in [0.717, 1.165) is 48.2 Å². The van der Waals surface area contributed by atoms with Crippen LogP contribution in [0.5, 0.6) is 0 Å². The van der Waals surface area contributed by atoms with Crippen LogP contribution in [0.1, 0.15) is 66.2 Å². The van der Waals surface area contributed by atoms with Crippen molar-refractivity contribution in [1.29, 1.82) is 0 Å². The minimum absolute atomic E-state index is 0.0450. The molecule has 0 aromatic carbocycles. The Morgan fingerprint density at radius 1 is 1.31 bits per heavy atom. The third-order valence-corrected chi connectivity index (χ3v) is 7.21. The summed E-state index contributed by atoms with van der Waals surface area (Å²) in [4.78, 5) is 0. The second kappa shape index (κ2) is 8.28. The van der Waals surface area contributed by atoms with Crippen LogP contribution in [0.25, 0.3) is 0 Å². The van der Waals surface area contributed by atoms with Crippen LogP contribution in [-0.4, -0.2) is 29.0 Å². The zero-order valence-corrected chi connectivity index (χ0v) is 18.6. The van der Waals surface area contributed by atoms with Crippen LogP contribution < -0.4 is 0 Å². The van der Waals surface area contributed by atoms with Crippen molar-refractivity contribution in [3.8, 4) is 0 Å². The van der Waals surface area contributed by atoms with Gasteiger partial charge in [-0.25, -0.2) is 0 Å². The van der Waals surface area contributed by atoms with Crippen LogP contribution in [-0.2, 0) is 4.74 Å². The van der Waals surface area contributed by atoms with Gasteiger partial charge in [-0.3, -0.25) is 0 Å². The molecule has 3 heteroatoms. The van der Waals surface area contributed by atoms with Crippen LogP contribution >= 0.6 is 0 Å². The Morgan fingerprint density at radius 3 is 2.72 bits per heavy atom. The van der Waals surface area contributed by atoms with Crippen molar-refractivity contribution in [1.82, 2.24) is 0 Å². The highest BCUT2D eigenvalue weighted by Gasteiger charge is 2.46. The Labute approximate surface area is 176 Å². The lowest BCUT2D eigenvalue weighted by Crippen LogP contribution is -2.32. The number of hydrogen-bond acceptors (Lipinski definition) is 3. The molecule has 0 spiro atoms. The Balaban J connectivity index is 1.73. The van der Waals surface area contributed by atoms with E-state index in [1.165, 1.54) is 5.57 Å². The molecule has 2 N–H and O–H groups in total. The molecule has 29 heavy (non-hydrogen) atoms. The van der Waals surface area contributed by atoms with Crippen molar-refractivity contribution in [3.63, 3.8) is 0 Å². The number of fused-ring (bicyclic) bond motifs is 1. The summed E-state index contributed by atoms with van der Waals surface area (Å²) in [5.74, 6) is 1.58. The molecule has 3 rings (SSSR count). The van der Waals surface area contributed by atoms with Gasteiger partial charge in [-0.15, -0.1) is 0 Å². The maximum atomic E-state index is 10.1. The quantitative estimate of drug-likeness (QED) is 0.604. The van der Waals surface area contributed by atoms with Crippen LogP contribution in [0.15, 0.2) is 59.4 Å². The molecule has 2 fully saturated rings. The molecule has 0 amide bonds. The fraction of sp³-hybridized carbons (Fsp3) is 0.615. The van der Waals surface area contributed by atoms with Gasteiger partial charge in [0.1, 0.15) is 6.61 Å². The molecule has 0 aromatic rings. The number of hydrogen-bond donors (Lipinski definition) is 2. The van der Waals surface area contributed by atoms with Crippen molar-refractivity contribution in [3.05, 3.63) is 59.4 Å². The molecule has 0 aromatic heterocycles. The summed E-state index contributed by atoms with van der Waals surface area (Å²) in [6.07, 6.45) is 10.8. The van der Waals surface area contributed by atoms with Gasteiger partial charge in [-0.05, 0) is 66.2 Å². The minimum Gasteiger partial charge on any atom is -0.493 e. The van der Waals surface area contributed by atoms with E-state index in [-0.39, 0.29) is 10.8 Å². The predicted molar refractivity (Wildman–Crippen MR) is 119 cm³/mol. The van der Waals surface area contributed by atoms with Crippen molar-refractivity contribution in [2.24, 2.45) is 16.7 Å². The lowest BCUT2D eigenvalue weighted by atomic mass is 9.66. The summed E-state index contributed by atoms with van der Waals surface area (Å²) in [5.41, 5.74) is 4.39. The second-order valence-corrected chi connectivity index (χ2v) is 10.3. The highest BCUT2D eigenvalue weighted by Crippen LogP contribution is 2.55. The van der Waals surface area contributed by atoms with Crippen molar-refractivity contribution < 1.29 is 14.9 Å². The third kappa shape index (κ3) is 4.62.